The zero-order valence-electron chi connectivity index (χ0n) is 10.6. The summed E-state index contributed by atoms with van der Waals surface area (Å²) in [4.78, 5) is 2.65. The van der Waals surface area contributed by atoms with Crippen molar-refractivity contribution in [3.63, 3.8) is 0 Å². The van der Waals surface area contributed by atoms with Crippen LogP contribution in [-0.4, -0.2) is 24.5 Å². The van der Waals surface area contributed by atoms with Crippen LogP contribution >= 0.6 is 24.0 Å². The van der Waals surface area contributed by atoms with Crippen LogP contribution in [-0.2, 0) is 6.42 Å². The number of piperidine rings is 3. The van der Waals surface area contributed by atoms with E-state index in [1.165, 1.54) is 50.9 Å². The highest BCUT2D eigenvalue weighted by Crippen LogP contribution is 2.34. The molecule has 1 aromatic rings. The Balaban J connectivity index is 0.00000120. The van der Waals surface area contributed by atoms with Gasteiger partial charge in [-0.25, -0.2) is 0 Å². The minimum Gasteiger partial charge on any atom is -0.303 e. The number of halogens is 2. The van der Waals surface area contributed by atoms with Gasteiger partial charge in [-0.1, -0.05) is 23.7 Å². The van der Waals surface area contributed by atoms with Crippen LogP contribution in [0.1, 0.15) is 24.8 Å². The van der Waals surface area contributed by atoms with Gasteiger partial charge in [0.15, 0.2) is 0 Å². The summed E-state index contributed by atoms with van der Waals surface area (Å²) in [6.45, 7) is 4.04. The van der Waals surface area contributed by atoms with Crippen LogP contribution in [0.2, 0.25) is 5.02 Å². The number of nitrogens with zero attached hydrogens (tertiary/aromatic N) is 1. The van der Waals surface area contributed by atoms with E-state index in [0.29, 0.717) is 0 Å². The van der Waals surface area contributed by atoms with Crippen molar-refractivity contribution in [3.05, 3.63) is 34.9 Å². The lowest BCUT2D eigenvalue weighted by molar-refractivity contribution is 0.0469. The molecule has 0 spiro atoms. The molecule has 1 aromatic carbocycles. The van der Waals surface area contributed by atoms with Gasteiger partial charge in [0.1, 0.15) is 0 Å². The first-order valence-electron chi connectivity index (χ1n) is 6.78. The molecule has 18 heavy (non-hydrogen) atoms. The van der Waals surface area contributed by atoms with Crippen LogP contribution in [0.15, 0.2) is 24.3 Å². The molecule has 4 rings (SSSR count). The second kappa shape index (κ2) is 6.27. The fraction of sp³-hybridized carbons (Fsp3) is 0.600. The summed E-state index contributed by atoms with van der Waals surface area (Å²) in [6, 6.07) is 8.36. The smallest absolute Gasteiger partial charge is 0.0406 e. The first kappa shape index (κ1) is 14.2. The predicted molar refractivity (Wildman–Crippen MR) is 79.7 cm³/mol. The van der Waals surface area contributed by atoms with E-state index in [4.69, 9.17) is 11.6 Å². The van der Waals surface area contributed by atoms with Crippen molar-refractivity contribution in [1.82, 2.24) is 4.90 Å². The van der Waals surface area contributed by atoms with E-state index in [-0.39, 0.29) is 12.4 Å². The zero-order valence-corrected chi connectivity index (χ0v) is 12.2. The van der Waals surface area contributed by atoms with Crippen molar-refractivity contribution in [3.8, 4) is 0 Å². The Bertz CT molecular complexity index is 369. The van der Waals surface area contributed by atoms with E-state index in [2.05, 4.69) is 17.0 Å². The minimum absolute atomic E-state index is 0. The molecule has 0 saturated carbocycles. The molecule has 1 unspecified atom stereocenters. The van der Waals surface area contributed by atoms with Gasteiger partial charge in [-0.15, -0.1) is 12.4 Å². The van der Waals surface area contributed by atoms with Crippen LogP contribution in [0.4, 0.5) is 0 Å². The molecule has 0 aliphatic carbocycles. The Morgan fingerprint density at radius 2 is 1.78 bits per heavy atom. The Labute approximate surface area is 121 Å². The lowest BCUT2D eigenvalue weighted by Crippen LogP contribution is -2.47. The van der Waals surface area contributed by atoms with Gasteiger partial charge in [-0.05, 0) is 68.3 Å². The molecule has 0 amide bonds. The highest BCUT2D eigenvalue weighted by Gasteiger charge is 2.33. The molecule has 3 heteroatoms. The highest BCUT2D eigenvalue weighted by atomic mass is 35.5. The lowest BCUT2D eigenvalue weighted by atomic mass is 9.76. The Kier molecular flexibility index (Phi) is 4.94. The largest absolute Gasteiger partial charge is 0.303 e. The second-order valence-electron chi connectivity index (χ2n) is 5.56. The molecule has 100 valence electrons. The van der Waals surface area contributed by atoms with Crippen molar-refractivity contribution in [2.45, 2.75) is 25.7 Å². The van der Waals surface area contributed by atoms with Crippen LogP contribution in [0.3, 0.4) is 0 Å². The van der Waals surface area contributed by atoms with E-state index in [1.54, 1.807) is 0 Å². The molecule has 3 aliphatic heterocycles. The Hall–Kier alpha value is -0.240. The highest BCUT2D eigenvalue weighted by molar-refractivity contribution is 6.30. The third-order valence-corrected chi connectivity index (χ3v) is 4.76. The average Bonchev–Trinajstić information content (AvgIpc) is 2.39. The standard InChI is InChI=1S/C15H20ClN.ClH/c16-15-5-2-12(3-6-15)1-4-14-11-17-9-7-13(14)8-10-17;/h2-3,5-6,13-14H,1,4,7-11H2;1H. The fourth-order valence-corrected chi connectivity index (χ4v) is 3.54. The predicted octanol–water partition coefficient (Wildman–Crippen LogP) is 4.04. The number of hydrogen-bond donors (Lipinski definition) is 0. The SMILES string of the molecule is Cl.Clc1ccc(CCC2CN3CCC2CC3)cc1. The normalized spacial score (nSPS) is 29.9. The molecule has 2 bridgehead atoms. The quantitative estimate of drug-likeness (QED) is 0.810. The van der Waals surface area contributed by atoms with Gasteiger partial charge >= 0.3 is 0 Å². The Morgan fingerprint density at radius 3 is 2.33 bits per heavy atom. The first-order chi connectivity index (χ1) is 8.31. The maximum atomic E-state index is 5.91. The van der Waals surface area contributed by atoms with Crippen molar-refractivity contribution in [1.29, 1.82) is 0 Å². The van der Waals surface area contributed by atoms with Crippen LogP contribution < -0.4 is 0 Å². The summed E-state index contributed by atoms with van der Waals surface area (Å²) in [6.07, 6.45) is 5.44. The number of rotatable bonds is 3. The molecular formula is C15H21Cl2N. The van der Waals surface area contributed by atoms with E-state index in [1.807, 2.05) is 12.1 Å². The van der Waals surface area contributed by atoms with Crippen LogP contribution in [0.5, 0.6) is 0 Å². The summed E-state index contributed by atoms with van der Waals surface area (Å²) in [5.74, 6) is 1.94. The molecule has 0 radical (unpaired) electrons. The molecule has 1 nitrogen and oxygen atoms in total. The number of aryl methyl sites for hydroxylation is 1. The molecular weight excluding hydrogens is 265 g/mol. The second-order valence-corrected chi connectivity index (χ2v) is 6.00. The van der Waals surface area contributed by atoms with E-state index >= 15 is 0 Å². The minimum atomic E-state index is 0. The van der Waals surface area contributed by atoms with Crippen molar-refractivity contribution >= 4 is 24.0 Å². The van der Waals surface area contributed by atoms with Gasteiger partial charge in [-0.3, -0.25) is 0 Å². The summed E-state index contributed by atoms with van der Waals surface area (Å²) in [5.41, 5.74) is 1.44. The maximum Gasteiger partial charge on any atom is 0.0406 e. The van der Waals surface area contributed by atoms with E-state index < -0.39 is 0 Å². The molecule has 3 heterocycles. The van der Waals surface area contributed by atoms with Gasteiger partial charge < -0.3 is 4.90 Å². The maximum absolute atomic E-state index is 5.91. The number of hydrogen-bond acceptors (Lipinski definition) is 1. The van der Waals surface area contributed by atoms with Crippen molar-refractivity contribution in [2.75, 3.05) is 19.6 Å². The molecule has 3 fully saturated rings. The topological polar surface area (TPSA) is 3.24 Å². The molecule has 0 aromatic heterocycles. The summed E-state index contributed by atoms with van der Waals surface area (Å²) in [7, 11) is 0. The van der Waals surface area contributed by atoms with Crippen LogP contribution in [0, 0.1) is 11.8 Å². The van der Waals surface area contributed by atoms with E-state index in [9.17, 15) is 0 Å². The lowest BCUT2D eigenvalue weighted by Gasteiger charge is -2.45. The summed E-state index contributed by atoms with van der Waals surface area (Å²) < 4.78 is 0. The third kappa shape index (κ3) is 3.20. The number of fused-ring (bicyclic) bond motifs is 3. The average molecular weight is 286 g/mol. The third-order valence-electron chi connectivity index (χ3n) is 4.51. The van der Waals surface area contributed by atoms with Gasteiger partial charge in [0.05, 0.1) is 0 Å². The van der Waals surface area contributed by atoms with Crippen molar-refractivity contribution in [2.24, 2.45) is 11.8 Å². The number of benzene rings is 1. The van der Waals surface area contributed by atoms with Gasteiger partial charge in [0.2, 0.25) is 0 Å². The fourth-order valence-electron chi connectivity index (χ4n) is 3.42. The molecule has 3 saturated heterocycles. The van der Waals surface area contributed by atoms with Gasteiger partial charge in [-0.2, -0.15) is 0 Å². The van der Waals surface area contributed by atoms with Crippen molar-refractivity contribution < 1.29 is 0 Å². The summed E-state index contributed by atoms with van der Waals surface area (Å²) in [5, 5.41) is 0.844. The molecule has 3 aliphatic rings. The summed E-state index contributed by atoms with van der Waals surface area (Å²) >= 11 is 5.91. The Morgan fingerprint density at radius 1 is 1.11 bits per heavy atom. The van der Waals surface area contributed by atoms with Gasteiger partial charge in [0, 0.05) is 11.6 Å². The molecule has 0 N–H and O–H groups in total. The monoisotopic (exact) mass is 285 g/mol. The molecule has 1 atom stereocenters. The first-order valence-corrected chi connectivity index (χ1v) is 7.16. The van der Waals surface area contributed by atoms with Gasteiger partial charge in [0.25, 0.3) is 0 Å². The van der Waals surface area contributed by atoms with Crippen LogP contribution in [0.25, 0.3) is 0 Å². The van der Waals surface area contributed by atoms with E-state index in [0.717, 1.165) is 16.9 Å². The zero-order chi connectivity index (χ0) is 11.7.